The number of nitrogens with two attached hydrogens (primary N) is 5. The molecule has 9 aliphatic carbocycles. The second-order valence-corrected chi connectivity index (χ2v) is 48.1. The standard InChI is InChI=1S/C25H45BN6O6.C17H30BN3O4.C16H27N3O3.C10H18BNO3.C9H20BN3O4.C9H16BNO3.C8H16N2O2.ClH.Li.H2O/c1-24(2,3)31-23(37)30-16(11-28-26(6)38)22(36)32-12-14-17(25(14,4)5)18(32)21(35)29-15(19(33)20(27)34)10-13-8-7-9-13;1-17(2)10-8-21(18(3)25)13(12(10)17)16(24)20-11(14(22)15(19)23)7-9-5-4-6-9;1-16(2)9-7-18-12(11(9)16)15(22)19-10(13(20)14(17)21)6-8-4-3-5-8;1-10(2)6-5-12(11(3)14)8(7(6)10)9(13)15-4;1-9(2,3)13-8(16)12-6(7(14)15)5-11-10(4)17;1-9(2)5-4-11(10(3)14)7(6(5)9)8(12)13;9-6(7(11)8(10)12)4-5-2-1-3-5;;;/h13-19,28,33,38H,7-12H2,1-6H3,(H2,27,34)(H,29,35)(H2,30,31,37);9-14,22,25H,4-8H2,1-3H3,(H2,19,23)(H,20,24);8-13,18,20H,3-7H2,1-2H3,(H2,17,21)(H,19,22);6-8,14H,5H2,1-4H3;6,11,17H,5H2,1-4H3,(H,14,15)(H2,12,13,16);5-7,14H,4H2,1-3H3,(H,12,13);5-7,11H,1-4,9H2,(H2,10,12);1H;;1H2/q;;;;;;;;+1;/p-1/t14?,15?,16-,17-,18-,19?;10?,11?,12-,13-,14?;9?,10?,11-,12-,13?;6?,7-,8-;6-;5?,6-,7-;;;;/m000000..../s1. The van der Waals surface area contributed by atoms with E-state index in [0.29, 0.717) is 104 Å². The van der Waals surface area contributed by atoms with Crippen LogP contribution in [-0.2, 0) is 57.5 Å². The van der Waals surface area contributed by atoms with Gasteiger partial charge in [-0.3, -0.25) is 47.9 Å². The van der Waals surface area contributed by atoms with Gasteiger partial charge in [-0.1, -0.05) is 146 Å². The number of aliphatic carboxylic acids is 2. The zero-order valence-electron chi connectivity index (χ0n) is 90.1. The van der Waals surface area contributed by atoms with Crippen LogP contribution in [0.3, 0.4) is 0 Å². The molecule has 0 aromatic rings. The molecular weight excluding hydrogens is 1910 g/mol. The molecule has 5 aliphatic heterocycles. The fraction of sp³-hybridized carbons (Fsp3) is 0.862. The fourth-order valence-corrected chi connectivity index (χ4v) is 23.5. The molecule has 0 radical (unpaired) electrons. The predicted molar refractivity (Wildman–Crippen MR) is 547 cm³/mol. The van der Waals surface area contributed by atoms with Crippen LogP contribution in [0.4, 0.5) is 9.59 Å². The zero-order valence-corrected chi connectivity index (χ0v) is 90.9. The number of methoxy groups -OCH3 is 1. The minimum atomic E-state index is -1.53. The summed E-state index contributed by atoms with van der Waals surface area (Å²) in [6, 6.07) is -8.00. The van der Waals surface area contributed by atoms with Gasteiger partial charge in [-0.05, 0) is 237 Å². The van der Waals surface area contributed by atoms with Crippen LogP contribution in [0.2, 0.25) is 34.1 Å². The van der Waals surface area contributed by atoms with E-state index in [1.165, 1.54) is 51.3 Å². The Hall–Kier alpha value is -6.76. The largest absolute Gasteiger partial charge is 1.00 e. The van der Waals surface area contributed by atoms with Gasteiger partial charge in [-0.2, -0.15) is 0 Å². The molecular formula is C94H174B5ClLiN19O26. The number of hydrogen-bond acceptors (Lipinski definition) is 31. The van der Waals surface area contributed by atoms with Crippen LogP contribution < -0.4 is 101 Å². The molecule has 32 N–H and O–H groups in total. The van der Waals surface area contributed by atoms with Crippen LogP contribution in [0.25, 0.3) is 0 Å². The third kappa shape index (κ3) is 32.9. The number of nitrogens with zero attached hydrogens (tertiary/aromatic N) is 4. The first-order valence-electron chi connectivity index (χ1n) is 51.4. The SMILES string of the molecule is CB(O)N1CC2[C@@H]([C@H]1C(=O)NC(CC1CCC1)C(O)C(N)=O)C2(C)C.CB(O)N1CC2[C@@H]([C@H]1C(=O)O)C2(C)C.CB(O)NC[C@H](NC(=O)NC(C)(C)C)C(=O)N1CC2[C@@H]([C@H]1C(=O)NC(CC1CCC1)C(O)C(N)=O)C2(C)C.CB(O)NC[C@H](NC(=O)NC(C)(C)C)C(=O)O.CC1(C)C2CN[C@H](C(=O)NC(CC3CCC3)C(O)C(N)=O)[C@H]21.COC(=O)[C@@H]1[C@@H]2C(CN1B(C)O)C2(C)C.Cl.NC(=O)C(O)C(N)CC1CCC1.[Li+].[OH-]. The number of carboxylic acids is 2. The molecule has 9 saturated carbocycles. The van der Waals surface area contributed by atoms with Gasteiger partial charge in [-0.25, -0.2) is 14.4 Å². The molecule has 14 rings (SSSR count). The van der Waals surface area contributed by atoms with Crippen molar-refractivity contribution in [2.45, 2.75) is 350 Å². The van der Waals surface area contributed by atoms with Gasteiger partial charge in [0.2, 0.25) is 47.3 Å². The third-order valence-corrected chi connectivity index (χ3v) is 33.6. The minimum Gasteiger partial charge on any atom is -0.870 e. The van der Waals surface area contributed by atoms with Crippen LogP contribution >= 0.6 is 12.4 Å². The molecule has 0 spiro atoms. The van der Waals surface area contributed by atoms with E-state index in [4.69, 9.17) is 53.7 Å². The Labute approximate surface area is 880 Å². The van der Waals surface area contributed by atoms with Crippen LogP contribution in [0.15, 0.2) is 0 Å². The summed E-state index contributed by atoms with van der Waals surface area (Å²) < 4.78 is 4.81. The smallest absolute Gasteiger partial charge is 0.870 e. The molecule has 5 saturated heterocycles. The first-order valence-corrected chi connectivity index (χ1v) is 51.4. The number of ether oxygens (including phenoxy) is 1. The Kier molecular flexibility index (Phi) is 46.8. The van der Waals surface area contributed by atoms with Crippen molar-refractivity contribution in [2.75, 3.05) is 52.9 Å². The number of esters is 1. The summed E-state index contributed by atoms with van der Waals surface area (Å²) in [5, 5.41) is 133. The van der Waals surface area contributed by atoms with Gasteiger partial charge in [0.15, 0.2) is 18.3 Å². The first kappa shape index (κ1) is 130. The molecule has 824 valence electrons. The van der Waals surface area contributed by atoms with Crippen LogP contribution in [-0.4, -0.2) is 348 Å². The van der Waals surface area contributed by atoms with E-state index in [1.807, 2.05) is 30.4 Å². The second-order valence-electron chi connectivity index (χ2n) is 48.1. The summed E-state index contributed by atoms with van der Waals surface area (Å²) in [7, 11) is -2.26. The van der Waals surface area contributed by atoms with E-state index >= 15 is 0 Å². The summed E-state index contributed by atoms with van der Waals surface area (Å²) in [5.41, 5.74) is 25.9. The number of carboxylic acid groups (broad SMARTS) is 2. The maximum Gasteiger partial charge on any atom is 1.00 e. The number of halogens is 1. The minimum absolute atomic E-state index is 0. The molecule has 52 heteroatoms. The summed E-state index contributed by atoms with van der Waals surface area (Å²) in [4.78, 5) is 163. The number of hydrogen-bond donors (Lipinski definition) is 26. The molecule has 5 heterocycles. The van der Waals surface area contributed by atoms with Gasteiger partial charge in [0.1, 0.15) is 36.3 Å². The van der Waals surface area contributed by atoms with Crippen LogP contribution in [0.1, 0.15) is 214 Å². The number of carbonyl (C=O) groups is 13. The van der Waals surface area contributed by atoms with Gasteiger partial charge in [-0.15, -0.1) is 12.4 Å². The normalized spacial score (nSPS) is 28.8. The number of primary amides is 4. The molecule has 0 aromatic carbocycles. The Morgan fingerprint density at radius 2 is 0.726 bits per heavy atom. The van der Waals surface area contributed by atoms with E-state index in [9.17, 15) is 97.7 Å². The molecule has 146 heavy (non-hydrogen) atoms. The maximum atomic E-state index is 13.8. The summed E-state index contributed by atoms with van der Waals surface area (Å²) >= 11 is 0. The summed E-state index contributed by atoms with van der Waals surface area (Å²) in [5.74, 6) is -1.82. The molecule has 0 aromatic heterocycles. The van der Waals surface area contributed by atoms with Gasteiger partial charge in [0.05, 0.1) is 37.3 Å². The predicted octanol–water partition coefficient (Wildman–Crippen LogP) is -5.32. The number of amides is 12. The molecule has 13 unspecified atom stereocenters. The summed E-state index contributed by atoms with van der Waals surface area (Å²) in [6.45, 7) is 43.4. The van der Waals surface area contributed by atoms with Crippen LogP contribution in [0.5, 0.6) is 0 Å². The molecule has 14 aliphatic rings. The number of rotatable bonds is 37. The number of piperidine rings is 5. The molecule has 12 amide bonds. The monoisotopic (exact) mass is 2080 g/mol. The van der Waals surface area contributed by atoms with Crippen molar-refractivity contribution in [3.05, 3.63) is 0 Å². The van der Waals surface area contributed by atoms with E-state index in [-0.39, 0.29) is 130 Å². The number of carbonyl (C=O) groups excluding carboxylic acids is 11. The van der Waals surface area contributed by atoms with Gasteiger partial charge < -0.3 is 167 Å². The quantitative estimate of drug-likeness (QED) is 0.0204. The van der Waals surface area contributed by atoms with E-state index in [1.54, 1.807) is 46.1 Å². The molecule has 0 bridgehead atoms. The van der Waals surface area contributed by atoms with Crippen molar-refractivity contribution < 1.29 is 147 Å². The first-order chi connectivity index (χ1) is 66.0. The second kappa shape index (κ2) is 52.7. The number of aliphatic hydroxyl groups is 4. The van der Waals surface area contributed by atoms with E-state index < -0.39 is 185 Å². The van der Waals surface area contributed by atoms with Crippen molar-refractivity contribution in [3.8, 4) is 0 Å². The average Bonchev–Trinajstić information content (AvgIpc) is 1.53. The molecule has 14 fully saturated rings. The fourth-order valence-electron chi connectivity index (χ4n) is 23.5. The Morgan fingerprint density at radius 3 is 1.03 bits per heavy atom. The number of urea groups is 2. The molecule has 25 atom stereocenters. The van der Waals surface area contributed by atoms with Gasteiger partial charge in [0, 0.05) is 36.8 Å². The number of fused-ring (bicyclic) bond motifs is 5. The van der Waals surface area contributed by atoms with Crippen molar-refractivity contribution >= 4 is 125 Å². The van der Waals surface area contributed by atoms with Crippen molar-refractivity contribution in [1.82, 2.24) is 72.3 Å². The zero-order chi connectivity index (χ0) is 108. The molecule has 45 nitrogen and oxygen atoms in total. The van der Waals surface area contributed by atoms with E-state index in [0.717, 1.165) is 64.5 Å². The number of nitrogens with one attached hydrogen (secondary N) is 10. The van der Waals surface area contributed by atoms with Crippen LogP contribution in [0, 0.1) is 110 Å². The third-order valence-electron chi connectivity index (χ3n) is 33.6. The Morgan fingerprint density at radius 1 is 0.425 bits per heavy atom. The van der Waals surface area contributed by atoms with Gasteiger partial charge >= 0.3 is 84.1 Å². The van der Waals surface area contributed by atoms with Crippen molar-refractivity contribution in [3.63, 3.8) is 0 Å². The topological polar surface area (TPSA) is 747 Å². The van der Waals surface area contributed by atoms with E-state index in [2.05, 4.69) is 122 Å². The number of aliphatic hydroxyl groups excluding tert-OH is 4. The summed E-state index contributed by atoms with van der Waals surface area (Å²) in [6.07, 6.45) is 10.1. The maximum absolute atomic E-state index is 13.8. The van der Waals surface area contributed by atoms with Gasteiger partial charge in [0.25, 0.3) is 0 Å². The average molecular weight is 2080 g/mol. The Balaban J connectivity index is 0.000000309. The Bertz CT molecular complexity index is 4420. The van der Waals surface area contributed by atoms with Crippen molar-refractivity contribution in [1.29, 1.82) is 0 Å². The number of likely N-dealkylation sites (tertiary alicyclic amines) is 1. The van der Waals surface area contributed by atoms with Crippen molar-refractivity contribution in [2.24, 2.45) is 139 Å².